The summed E-state index contributed by atoms with van der Waals surface area (Å²) in [5.74, 6) is 1.10. The molecule has 0 amide bonds. The Morgan fingerprint density at radius 1 is 1.33 bits per heavy atom. The van der Waals surface area contributed by atoms with Crippen LogP contribution in [-0.2, 0) is 0 Å². The van der Waals surface area contributed by atoms with Crippen LogP contribution in [0.2, 0.25) is 5.02 Å². The Labute approximate surface area is 133 Å². The van der Waals surface area contributed by atoms with Crippen LogP contribution in [0.4, 0.5) is 0 Å². The molecule has 0 aliphatic heterocycles. The van der Waals surface area contributed by atoms with Crippen molar-refractivity contribution >= 4 is 11.6 Å². The number of rotatable bonds is 8. The molecule has 1 aromatic carbocycles. The van der Waals surface area contributed by atoms with Crippen molar-refractivity contribution in [1.29, 1.82) is 0 Å². The van der Waals surface area contributed by atoms with E-state index < -0.39 is 6.10 Å². The number of nitrogens with two attached hydrogens (primary N) is 1. The number of halogens is 1. The zero-order valence-corrected chi connectivity index (χ0v) is 14.3. The molecule has 0 aliphatic rings. The van der Waals surface area contributed by atoms with E-state index in [0.717, 1.165) is 40.3 Å². The highest BCUT2D eigenvalue weighted by Crippen LogP contribution is 2.39. The maximum atomic E-state index is 9.90. The second-order valence-electron chi connectivity index (χ2n) is 5.62. The van der Waals surface area contributed by atoms with Gasteiger partial charge in [0.2, 0.25) is 0 Å². The van der Waals surface area contributed by atoms with Crippen LogP contribution in [0.15, 0.2) is 6.07 Å². The first-order chi connectivity index (χ1) is 9.96. The Kier molecular flexibility index (Phi) is 7.50. The van der Waals surface area contributed by atoms with Crippen molar-refractivity contribution < 1.29 is 9.84 Å². The van der Waals surface area contributed by atoms with Crippen LogP contribution in [0, 0.1) is 13.8 Å². The van der Waals surface area contributed by atoms with Gasteiger partial charge in [-0.25, -0.2) is 0 Å². The predicted molar refractivity (Wildman–Crippen MR) is 89.4 cm³/mol. The molecule has 1 rings (SSSR count). The first kappa shape index (κ1) is 18.3. The summed E-state index contributed by atoms with van der Waals surface area (Å²) in [7, 11) is 0. The molecule has 0 saturated heterocycles. The van der Waals surface area contributed by atoms with E-state index in [1.807, 2.05) is 19.9 Å². The third kappa shape index (κ3) is 4.60. The van der Waals surface area contributed by atoms with Crippen LogP contribution in [0.25, 0.3) is 0 Å². The minimum Gasteiger partial charge on any atom is -0.493 e. The van der Waals surface area contributed by atoms with Crippen molar-refractivity contribution in [3.05, 3.63) is 27.8 Å². The second kappa shape index (κ2) is 8.62. The molecule has 0 spiro atoms. The average molecular weight is 314 g/mol. The molecule has 2 atom stereocenters. The molecule has 4 heteroatoms. The number of ether oxygens (including phenoxy) is 1. The predicted octanol–water partition coefficient (Wildman–Crippen LogP) is 3.95. The topological polar surface area (TPSA) is 55.5 Å². The molecular weight excluding hydrogens is 286 g/mol. The van der Waals surface area contributed by atoms with Gasteiger partial charge < -0.3 is 15.6 Å². The third-order valence-electron chi connectivity index (χ3n) is 3.88. The van der Waals surface area contributed by atoms with Crippen molar-refractivity contribution in [3.63, 3.8) is 0 Å². The smallest absolute Gasteiger partial charge is 0.123 e. The van der Waals surface area contributed by atoms with Gasteiger partial charge in [0.1, 0.15) is 5.75 Å². The molecule has 0 aromatic heterocycles. The van der Waals surface area contributed by atoms with E-state index in [-0.39, 0.29) is 12.5 Å². The van der Waals surface area contributed by atoms with Gasteiger partial charge in [-0.05, 0) is 56.2 Å². The Hall–Kier alpha value is -0.770. The summed E-state index contributed by atoms with van der Waals surface area (Å²) in [4.78, 5) is 0. The van der Waals surface area contributed by atoms with E-state index in [1.165, 1.54) is 0 Å². The molecule has 0 fully saturated rings. The number of benzene rings is 1. The van der Waals surface area contributed by atoms with Crippen LogP contribution in [0.3, 0.4) is 0 Å². The van der Waals surface area contributed by atoms with Crippen molar-refractivity contribution in [2.75, 3.05) is 13.2 Å². The quantitative estimate of drug-likeness (QED) is 0.764. The van der Waals surface area contributed by atoms with E-state index in [0.29, 0.717) is 13.0 Å². The van der Waals surface area contributed by atoms with Crippen molar-refractivity contribution in [2.24, 2.45) is 5.73 Å². The Morgan fingerprint density at radius 2 is 2.00 bits per heavy atom. The van der Waals surface area contributed by atoms with Crippen LogP contribution in [-0.4, -0.2) is 24.4 Å². The lowest BCUT2D eigenvalue weighted by Gasteiger charge is -2.25. The molecule has 2 unspecified atom stereocenters. The summed E-state index contributed by atoms with van der Waals surface area (Å²) in [6.45, 7) is 9.19. The summed E-state index contributed by atoms with van der Waals surface area (Å²) < 4.78 is 5.93. The lowest BCUT2D eigenvalue weighted by atomic mass is 9.86. The summed E-state index contributed by atoms with van der Waals surface area (Å²) in [5.41, 5.74) is 8.76. The molecule has 0 heterocycles. The van der Waals surface area contributed by atoms with Gasteiger partial charge in [0.25, 0.3) is 0 Å². The lowest BCUT2D eigenvalue weighted by molar-refractivity contribution is 0.161. The lowest BCUT2D eigenvalue weighted by Crippen LogP contribution is -2.22. The Balaban J connectivity index is 3.24. The third-order valence-corrected chi connectivity index (χ3v) is 4.47. The van der Waals surface area contributed by atoms with Crippen LogP contribution in [0.1, 0.15) is 55.7 Å². The fourth-order valence-electron chi connectivity index (χ4n) is 2.69. The van der Waals surface area contributed by atoms with Crippen molar-refractivity contribution in [1.82, 2.24) is 0 Å². The second-order valence-corrected chi connectivity index (χ2v) is 6.00. The van der Waals surface area contributed by atoms with Crippen LogP contribution >= 0.6 is 11.6 Å². The maximum absolute atomic E-state index is 9.90. The normalized spacial score (nSPS) is 14.0. The SMILES string of the molecule is CCCOc1cc(C)c(Cl)c(C)c1C(CC)CC(O)CN. The largest absolute Gasteiger partial charge is 0.493 e. The van der Waals surface area contributed by atoms with Gasteiger partial charge in [-0.1, -0.05) is 25.4 Å². The number of aryl methyl sites for hydroxylation is 1. The van der Waals surface area contributed by atoms with Crippen LogP contribution in [0.5, 0.6) is 5.75 Å². The number of hydrogen-bond donors (Lipinski definition) is 2. The van der Waals surface area contributed by atoms with Gasteiger partial charge >= 0.3 is 0 Å². The fraction of sp³-hybridized carbons (Fsp3) is 0.647. The highest BCUT2D eigenvalue weighted by Gasteiger charge is 2.22. The molecule has 0 saturated carbocycles. The average Bonchev–Trinajstić information content (AvgIpc) is 2.48. The van der Waals surface area contributed by atoms with Gasteiger partial charge in [0.15, 0.2) is 0 Å². The zero-order chi connectivity index (χ0) is 16.0. The number of aliphatic hydroxyl groups excluding tert-OH is 1. The Bertz CT molecular complexity index is 463. The molecule has 3 N–H and O–H groups in total. The number of aliphatic hydroxyl groups is 1. The summed E-state index contributed by atoms with van der Waals surface area (Å²) in [5, 5.41) is 10.7. The van der Waals surface area contributed by atoms with Gasteiger partial charge in [0, 0.05) is 17.1 Å². The maximum Gasteiger partial charge on any atom is 0.123 e. The van der Waals surface area contributed by atoms with E-state index >= 15 is 0 Å². The monoisotopic (exact) mass is 313 g/mol. The minimum atomic E-state index is -0.492. The molecule has 120 valence electrons. The van der Waals surface area contributed by atoms with Gasteiger partial charge in [-0.2, -0.15) is 0 Å². The summed E-state index contributed by atoms with van der Waals surface area (Å²) in [6, 6.07) is 2.01. The van der Waals surface area contributed by atoms with E-state index in [4.69, 9.17) is 22.1 Å². The fourth-order valence-corrected chi connectivity index (χ4v) is 2.84. The van der Waals surface area contributed by atoms with E-state index in [2.05, 4.69) is 13.8 Å². The number of hydrogen-bond acceptors (Lipinski definition) is 3. The van der Waals surface area contributed by atoms with E-state index in [9.17, 15) is 5.11 Å². The molecule has 21 heavy (non-hydrogen) atoms. The van der Waals surface area contributed by atoms with Gasteiger partial charge in [0.05, 0.1) is 12.7 Å². The highest BCUT2D eigenvalue weighted by molar-refractivity contribution is 6.32. The standard InChI is InChI=1S/C17H28ClNO2/c1-5-7-21-15-8-11(3)17(18)12(4)16(15)13(6-2)9-14(20)10-19/h8,13-14,20H,5-7,9-10,19H2,1-4H3. The van der Waals surface area contributed by atoms with Gasteiger partial charge in [-0.3, -0.25) is 0 Å². The van der Waals surface area contributed by atoms with Crippen LogP contribution < -0.4 is 10.5 Å². The van der Waals surface area contributed by atoms with Gasteiger partial charge in [-0.15, -0.1) is 0 Å². The molecule has 0 radical (unpaired) electrons. The summed E-state index contributed by atoms with van der Waals surface area (Å²) >= 11 is 6.42. The first-order valence-electron chi connectivity index (χ1n) is 7.76. The zero-order valence-electron chi connectivity index (χ0n) is 13.6. The molecule has 3 nitrogen and oxygen atoms in total. The molecular formula is C17H28ClNO2. The molecule has 0 aliphatic carbocycles. The van der Waals surface area contributed by atoms with Crippen molar-refractivity contribution in [3.8, 4) is 5.75 Å². The Morgan fingerprint density at radius 3 is 2.52 bits per heavy atom. The summed E-state index contributed by atoms with van der Waals surface area (Å²) in [6.07, 6.45) is 2.02. The van der Waals surface area contributed by atoms with Crippen molar-refractivity contribution in [2.45, 2.75) is 59.0 Å². The van der Waals surface area contributed by atoms with E-state index in [1.54, 1.807) is 0 Å². The highest BCUT2D eigenvalue weighted by atomic mass is 35.5. The molecule has 1 aromatic rings. The first-order valence-corrected chi connectivity index (χ1v) is 8.14. The minimum absolute atomic E-state index is 0.202. The molecule has 0 bridgehead atoms.